The van der Waals surface area contributed by atoms with E-state index in [-0.39, 0.29) is 11.9 Å². The number of amides is 1. The van der Waals surface area contributed by atoms with Crippen molar-refractivity contribution in [3.63, 3.8) is 0 Å². The van der Waals surface area contributed by atoms with Crippen LogP contribution in [0.4, 0.5) is 0 Å². The molecule has 1 aromatic carbocycles. The van der Waals surface area contributed by atoms with Gasteiger partial charge in [-0.25, -0.2) is 0 Å². The van der Waals surface area contributed by atoms with Crippen LogP contribution in [0.3, 0.4) is 0 Å². The molecule has 4 aromatic rings. The summed E-state index contributed by atoms with van der Waals surface area (Å²) < 4.78 is 5.88. The normalized spacial score (nSPS) is 12.5. The Morgan fingerprint density at radius 2 is 1.71 bits per heavy atom. The number of carbonyl (C=O) groups excluding carboxylic acids is 1. The molecule has 1 amide bonds. The van der Waals surface area contributed by atoms with Gasteiger partial charge >= 0.3 is 0 Å². The predicted octanol–water partition coefficient (Wildman–Crippen LogP) is 5.44. The molecule has 1 atom stereocenters. The number of rotatable bonds is 8. The molecule has 3 heterocycles. The van der Waals surface area contributed by atoms with E-state index >= 15 is 0 Å². The first-order valence-electron chi connectivity index (χ1n) is 9.22. The Morgan fingerprint density at radius 3 is 2.32 bits per heavy atom. The minimum atomic E-state index is -0.176. The van der Waals surface area contributed by atoms with Crippen LogP contribution in [0.2, 0.25) is 0 Å². The average Bonchev–Trinajstić information content (AvgIpc) is 3.43. The highest BCUT2D eigenvalue weighted by Crippen LogP contribution is 2.23. The number of carbonyl (C=O) groups is 1. The lowest BCUT2D eigenvalue weighted by atomic mass is 10.2. The lowest BCUT2D eigenvalue weighted by Crippen LogP contribution is -2.37. The van der Waals surface area contributed by atoms with Gasteiger partial charge in [-0.05, 0) is 41.9 Å². The first-order chi connectivity index (χ1) is 13.7. The van der Waals surface area contributed by atoms with Crippen molar-refractivity contribution in [1.82, 2.24) is 10.2 Å². The van der Waals surface area contributed by atoms with E-state index in [1.165, 1.54) is 9.75 Å². The number of hydrogen-bond donors (Lipinski definition) is 1. The van der Waals surface area contributed by atoms with Gasteiger partial charge in [0, 0.05) is 28.2 Å². The summed E-state index contributed by atoms with van der Waals surface area (Å²) >= 11 is 3.44. The Bertz CT molecular complexity index is 953. The second kappa shape index (κ2) is 8.73. The highest BCUT2D eigenvalue weighted by Gasteiger charge is 2.17. The third kappa shape index (κ3) is 4.70. The van der Waals surface area contributed by atoms with Gasteiger partial charge in [-0.2, -0.15) is 0 Å². The van der Waals surface area contributed by atoms with Crippen molar-refractivity contribution >= 4 is 39.5 Å². The number of nitrogens with zero attached hydrogens (tertiary/aromatic N) is 1. The summed E-state index contributed by atoms with van der Waals surface area (Å²) in [5.41, 5.74) is 0.843. The van der Waals surface area contributed by atoms with Crippen LogP contribution < -0.4 is 5.32 Å². The second-order valence-electron chi connectivity index (χ2n) is 6.78. The summed E-state index contributed by atoms with van der Waals surface area (Å²) in [6.07, 6.45) is 0. The van der Waals surface area contributed by atoms with Crippen molar-refractivity contribution < 1.29 is 9.21 Å². The van der Waals surface area contributed by atoms with Crippen LogP contribution in [0.5, 0.6) is 0 Å². The molecule has 3 aromatic heterocycles. The topological polar surface area (TPSA) is 45.5 Å². The summed E-state index contributed by atoms with van der Waals surface area (Å²) in [5.74, 6) is 0.777. The molecule has 4 nitrogen and oxygen atoms in total. The maximum absolute atomic E-state index is 12.7. The molecule has 28 heavy (non-hydrogen) atoms. The molecule has 144 valence electrons. The zero-order chi connectivity index (χ0) is 19.3. The molecule has 4 rings (SSSR count). The minimum Gasteiger partial charge on any atom is -0.459 e. The van der Waals surface area contributed by atoms with Gasteiger partial charge in [0.1, 0.15) is 11.3 Å². The second-order valence-corrected chi connectivity index (χ2v) is 8.84. The van der Waals surface area contributed by atoms with E-state index in [9.17, 15) is 4.79 Å². The first kappa shape index (κ1) is 18.9. The summed E-state index contributed by atoms with van der Waals surface area (Å²) in [7, 11) is 0. The van der Waals surface area contributed by atoms with E-state index in [2.05, 4.69) is 33.1 Å². The molecular formula is C22H22N2O2S2. The number of fused-ring (bicyclic) bond motifs is 1. The van der Waals surface area contributed by atoms with Crippen molar-refractivity contribution in [2.24, 2.45) is 0 Å². The lowest BCUT2D eigenvalue weighted by molar-refractivity contribution is -0.123. The van der Waals surface area contributed by atoms with Crippen LogP contribution in [-0.2, 0) is 17.9 Å². The van der Waals surface area contributed by atoms with Crippen molar-refractivity contribution in [2.45, 2.75) is 26.1 Å². The third-order valence-corrected chi connectivity index (χ3v) is 6.26. The Kier molecular flexibility index (Phi) is 5.90. The zero-order valence-corrected chi connectivity index (χ0v) is 17.3. The van der Waals surface area contributed by atoms with E-state index in [1.807, 2.05) is 49.4 Å². The van der Waals surface area contributed by atoms with Crippen molar-refractivity contribution in [1.29, 1.82) is 0 Å². The standard InChI is InChI=1S/C22H22N2O2S2/c1-16(21-12-17-6-2-3-9-20(17)26-21)23-22(25)15-24(13-18-7-4-10-27-18)14-19-8-5-11-28-19/h2-12,16H,13-15H2,1H3,(H,23,25)/t16-/m1/s1. The molecular weight excluding hydrogens is 388 g/mol. The van der Waals surface area contributed by atoms with Crippen LogP contribution in [0.25, 0.3) is 11.0 Å². The summed E-state index contributed by atoms with van der Waals surface area (Å²) in [4.78, 5) is 17.4. The third-order valence-electron chi connectivity index (χ3n) is 4.54. The van der Waals surface area contributed by atoms with Crippen molar-refractivity contribution in [3.8, 4) is 0 Å². The van der Waals surface area contributed by atoms with Crippen LogP contribution in [0.1, 0.15) is 28.5 Å². The molecule has 0 fully saturated rings. The summed E-state index contributed by atoms with van der Waals surface area (Å²) in [6, 6.07) is 18.0. The Balaban J connectivity index is 1.41. The molecule has 1 N–H and O–H groups in total. The molecule has 0 aliphatic carbocycles. The molecule has 0 aliphatic heterocycles. The van der Waals surface area contributed by atoms with Gasteiger partial charge in [0.2, 0.25) is 5.91 Å². The van der Waals surface area contributed by atoms with Gasteiger partial charge in [0.15, 0.2) is 0 Å². The highest BCUT2D eigenvalue weighted by molar-refractivity contribution is 7.10. The van der Waals surface area contributed by atoms with Crippen molar-refractivity contribution in [2.75, 3.05) is 6.54 Å². The Morgan fingerprint density at radius 1 is 1.04 bits per heavy atom. The fourth-order valence-corrected chi connectivity index (χ4v) is 4.68. The number of furan rings is 1. The SMILES string of the molecule is C[C@@H](NC(=O)CN(Cc1cccs1)Cc1cccs1)c1cc2ccccc2o1. The molecule has 0 saturated carbocycles. The number of thiophene rings is 2. The number of nitrogens with one attached hydrogen (secondary N) is 1. The maximum atomic E-state index is 12.7. The van der Waals surface area contributed by atoms with Gasteiger partial charge in [-0.1, -0.05) is 30.3 Å². The van der Waals surface area contributed by atoms with Gasteiger partial charge in [-0.3, -0.25) is 9.69 Å². The first-order valence-corrected chi connectivity index (χ1v) is 11.0. The fraction of sp³-hybridized carbons (Fsp3) is 0.227. The van der Waals surface area contributed by atoms with E-state index in [0.717, 1.165) is 29.8 Å². The molecule has 0 unspecified atom stereocenters. The van der Waals surface area contributed by atoms with E-state index in [0.29, 0.717) is 6.54 Å². The smallest absolute Gasteiger partial charge is 0.234 e. The van der Waals surface area contributed by atoms with Gasteiger partial charge in [0.25, 0.3) is 0 Å². The zero-order valence-electron chi connectivity index (χ0n) is 15.6. The number of benzene rings is 1. The molecule has 0 saturated heterocycles. The van der Waals surface area contributed by atoms with Crippen LogP contribution in [0, 0.1) is 0 Å². The van der Waals surface area contributed by atoms with Crippen LogP contribution in [0.15, 0.2) is 69.8 Å². The highest BCUT2D eigenvalue weighted by atomic mass is 32.1. The predicted molar refractivity (Wildman–Crippen MR) is 116 cm³/mol. The monoisotopic (exact) mass is 410 g/mol. The Hall–Kier alpha value is -2.41. The van der Waals surface area contributed by atoms with E-state index in [4.69, 9.17) is 4.42 Å². The van der Waals surface area contributed by atoms with Crippen LogP contribution in [-0.4, -0.2) is 17.4 Å². The van der Waals surface area contributed by atoms with Gasteiger partial charge in [-0.15, -0.1) is 22.7 Å². The van der Waals surface area contributed by atoms with Crippen molar-refractivity contribution in [3.05, 3.63) is 80.9 Å². The molecule has 0 radical (unpaired) electrons. The van der Waals surface area contributed by atoms with Gasteiger partial charge in [0.05, 0.1) is 12.6 Å². The summed E-state index contributed by atoms with van der Waals surface area (Å²) in [5, 5.41) is 8.27. The molecule has 6 heteroatoms. The van der Waals surface area contributed by atoms with Gasteiger partial charge < -0.3 is 9.73 Å². The molecule has 0 bridgehead atoms. The summed E-state index contributed by atoms with van der Waals surface area (Å²) in [6.45, 7) is 3.84. The molecule has 0 spiro atoms. The Labute approximate surface area is 172 Å². The molecule has 0 aliphatic rings. The number of hydrogen-bond acceptors (Lipinski definition) is 5. The lowest BCUT2D eigenvalue weighted by Gasteiger charge is -2.21. The number of para-hydroxylation sites is 1. The average molecular weight is 411 g/mol. The van der Waals surface area contributed by atoms with E-state index < -0.39 is 0 Å². The fourth-order valence-electron chi connectivity index (χ4n) is 3.19. The van der Waals surface area contributed by atoms with E-state index in [1.54, 1.807) is 22.7 Å². The minimum absolute atomic E-state index is 0.000989. The largest absolute Gasteiger partial charge is 0.459 e. The quantitative estimate of drug-likeness (QED) is 0.421. The maximum Gasteiger partial charge on any atom is 0.234 e. The van der Waals surface area contributed by atoms with Crippen LogP contribution >= 0.6 is 22.7 Å².